The van der Waals surface area contributed by atoms with E-state index in [9.17, 15) is 14.0 Å². The van der Waals surface area contributed by atoms with Crippen LogP contribution in [0.4, 0.5) is 15.8 Å². The first-order chi connectivity index (χ1) is 17.2. The van der Waals surface area contributed by atoms with Crippen LogP contribution in [0, 0.1) is 18.7 Å². The van der Waals surface area contributed by atoms with E-state index in [2.05, 4.69) is 5.32 Å². The van der Waals surface area contributed by atoms with Gasteiger partial charge in [0.05, 0.1) is 11.4 Å². The number of carbonyl (C=O) groups is 2. The molecule has 1 aliphatic heterocycles. The molecule has 3 aromatic rings. The number of halogens is 3. The first-order valence-electron chi connectivity index (χ1n) is 11.7. The van der Waals surface area contributed by atoms with Gasteiger partial charge in [0.15, 0.2) is 0 Å². The maximum absolute atomic E-state index is 14.9. The van der Waals surface area contributed by atoms with Crippen LogP contribution in [0.2, 0.25) is 10.0 Å². The van der Waals surface area contributed by atoms with Gasteiger partial charge in [0.1, 0.15) is 18.4 Å². The van der Waals surface area contributed by atoms with Crippen molar-refractivity contribution in [3.05, 3.63) is 93.2 Å². The van der Waals surface area contributed by atoms with Crippen molar-refractivity contribution in [2.45, 2.75) is 33.2 Å². The zero-order valence-corrected chi connectivity index (χ0v) is 21.7. The molecular weight excluding hydrogens is 500 g/mol. The topological polar surface area (TPSA) is 61.8 Å². The Hall–Kier alpha value is -3.22. The third-order valence-electron chi connectivity index (χ3n) is 6.45. The van der Waals surface area contributed by atoms with Gasteiger partial charge >= 0.3 is 0 Å². The first-order valence-corrected chi connectivity index (χ1v) is 12.5. The van der Waals surface area contributed by atoms with E-state index in [1.807, 2.05) is 13.8 Å². The molecule has 1 N–H and O–H groups in total. The van der Waals surface area contributed by atoms with Gasteiger partial charge in [0, 0.05) is 26.9 Å². The average molecular weight is 526 g/mol. The lowest BCUT2D eigenvalue weighted by Crippen LogP contribution is -2.44. The van der Waals surface area contributed by atoms with Crippen LogP contribution in [-0.4, -0.2) is 30.1 Å². The van der Waals surface area contributed by atoms with Crippen molar-refractivity contribution >= 4 is 52.1 Å². The molecule has 186 valence electrons. The molecule has 0 bridgehead atoms. The number of hydrogen-bond donors (Lipinski definition) is 1. The minimum Gasteiger partial charge on any atom is -0.324 e. The van der Waals surface area contributed by atoms with Gasteiger partial charge < -0.3 is 10.2 Å². The minimum atomic E-state index is -0.809. The summed E-state index contributed by atoms with van der Waals surface area (Å²) in [6.45, 7) is 5.43. The number of amides is 2. The summed E-state index contributed by atoms with van der Waals surface area (Å²) in [5, 5.41) is 3.79. The maximum atomic E-state index is 14.9. The molecule has 1 heterocycles. The predicted molar refractivity (Wildman–Crippen MR) is 144 cm³/mol. The summed E-state index contributed by atoms with van der Waals surface area (Å²) in [5.41, 5.74) is 2.81. The van der Waals surface area contributed by atoms with Crippen molar-refractivity contribution in [1.29, 1.82) is 0 Å². The molecular formula is C28H26Cl2FN3O2. The second kappa shape index (κ2) is 10.8. The molecule has 0 spiro atoms. The van der Waals surface area contributed by atoms with Crippen LogP contribution < -0.4 is 10.2 Å². The summed E-state index contributed by atoms with van der Waals surface area (Å²) in [6.07, 6.45) is 0.670. The normalized spacial score (nSPS) is 16.2. The van der Waals surface area contributed by atoms with Crippen molar-refractivity contribution in [3.8, 4) is 0 Å². The van der Waals surface area contributed by atoms with E-state index >= 15 is 0 Å². The summed E-state index contributed by atoms with van der Waals surface area (Å²) >= 11 is 12.5. The molecule has 1 aliphatic rings. The Balaban J connectivity index is 1.81. The largest absolute Gasteiger partial charge is 0.324 e. The number of benzene rings is 3. The van der Waals surface area contributed by atoms with Crippen LogP contribution in [0.5, 0.6) is 0 Å². The molecule has 4 rings (SSSR count). The Morgan fingerprint density at radius 1 is 1.11 bits per heavy atom. The van der Waals surface area contributed by atoms with Crippen LogP contribution in [0.1, 0.15) is 37.0 Å². The fraction of sp³-hybridized carbons (Fsp3) is 0.250. The number of hydrogen-bond acceptors (Lipinski definition) is 3. The molecule has 0 unspecified atom stereocenters. The van der Waals surface area contributed by atoms with E-state index in [-0.39, 0.29) is 23.9 Å². The van der Waals surface area contributed by atoms with Gasteiger partial charge in [-0.05, 0) is 60.9 Å². The molecule has 8 heteroatoms. The number of carbonyl (C=O) groups excluding carboxylic acids is 2. The molecule has 0 aliphatic carbocycles. The molecule has 0 fully saturated rings. The van der Waals surface area contributed by atoms with E-state index in [1.165, 1.54) is 11.0 Å². The van der Waals surface area contributed by atoms with Gasteiger partial charge in [-0.1, -0.05) is 61.7 Å². The molecule has 36 heavy (non-hydrogen) atoms. The van der Waals surface area contributed by atoms with Crippen LogP contribution in [0.3, 0.4) is 0 Å². The van der Waals surface area contributed by atoms with Gasteiger partial charge in [-0.3, -0.25) is 14.6 Å². The van der Waals surface area contributed by atoms with Gasteiger partial charge in [-0.25, -0.2) is 4.39 Å². The summed E-state index contributed by atoms with van der Waals surface area (Å²) in [5.74, 6) is -1.34. The highest BCUT2D eigenvalue weighted by Gasteiger charge is 2.36. The van der Waals surface area contributed by atoms with Crippen LogP contribution in [0.25, 0.3) is 0 Å². The summed E-state index contributed by atoms with van der Waals surface area (Å²) in [4.78, 5) is 33.2. The Kier molecular flexibility index (Phi) is 7.76. The Labute approximate surface area is 219 Å². The standard InChI is InChI=1S/C28H26Cl2FN3O2/c1-4-16(2)26-28(36)34(15-25(35)32-23-11-7-9-21(30)17(23)3)24-13-12-18(29)14-20(24)27(33-26)19-8-5-6-10-22(19)31/h5-14,16,26H,4,15H2,1-3H3,(H,32,35)/t16-,26-/m0/s1. The monoisotopic (exact) mass is 525 g/mol. The average Bonchev–Trinajstić information content (AvgIpc) is 2.96. The highest BCUT2D eigenvalue weighted by molar-refractivity contribution is 6.32. The van der Waals surface area contributed by atoms with E-state index in [1.54, 1.807) is 61.5 Å². The zero-order valence-electron chi connectivity index (χ0n) is 20.2. The second-order valence-electron chi connectivity index (χ2n) is 8.83. The van der Waals surface area contributed by atoms with Crippen molar-refractivity contribution in [2.24, 2.45) is 10.9 Å². The fourth-order valence-corrected chi connectivity index (χ4v) is 4.52. The number of nitrogens with one attached hydrogen (secondary N) is 1. The molecule has 0 saturated carbocycles. The highest BCUT2D eigenvalue weighted by Crippen LogP contribution is 2.33. The van der Waals surface area contributed by atoms with Crippen LogP contribution in [0.15, 0.2) is 65.7 Å². The minimum absolute atomic E-state index is 0.148. The first kappa shape index (κ1) is 25.9. The van der Waals surface area contributed by atoms with E-state index in [4.69, 9.17) is 28.2 Å². The molecule has 2 atom stereocenters. The summed E-state index contributed by atoms with van der Waals surface area (Å²) < 4.78 is 14.9. The number of nitrogens with zero attached hydrogens (tertiary/aromatic N) is 2. The van der Waals surface area contributed by atoms with Crippen molar-refractivity contribution in [2.75, 3.05) is 16.8 Å². The molecule has 5 nitrogen and oxygen atoms in total. The van der Waals surface area contributed by atoms with Crippen molar-refractivity contribution in [1.82, 2.24) is 0 Å². The number of fused-ring (bicyclic) bond motifs is 1. The summed E-state index contributed by atoms with van der Waals surface area (Å²) in [7, 11) is 0. The van der Waals surface area contributed by atoms with Crippen molar-refractivity contribution in [3.63, 3.8) is 0 Å². The quantitative estimate of drug-likeness (QED) is 0.390. The smallest absolute Gasteiger partial charge is 0.252 e. The van der Waals surface area contributed by atoms with Crippen LogP contribution in [-0.2, 0) is 9.59 Å². The van der Waals surface area contributed by atoms with E-state index in [0.29, 0.717) is 39.1 Å². The Bertz CT molecular complexity index is 1360. The molecule has 0 radical (unpaired) electrons. The van der Waals surface area contributed by atoms with Gasteiger partial charge in [-0.15, -0.1) is 0 Å². The lowest BCUT2D eigenvalue weighted by Gasteiger charge is -2.27. The molecule has 3 aromatic carbocycles. The third kappa shape index (κ3) is 5.15. The van der Waals surface area contributed by atoms with Crippen molar-refractivity contribution < 1.29 is 14.0 Å². The molecule has 0 saturated heterocycles. The fourth-order valence-electron chi connectivity index (χ4n) is 4.18. The summed E-state index contributed by atoms with van der Waals surface area (Å²) in [6, 6.07) is 15.7. The van der Waals surface area contributed by atoms with Gasteiger partial charge in [0.25, 0.3) is 5.91 Å². The lowest BCUT2D eigenvalue weighted by molar-refractivity contribution is -0.123. The SMILES string of the molecule is CC[C@H](C)[C@@H]1N=C(c2ccccc2F)c2cc(Cl)ccc2N(CC(=O)Nc2cccc(Cl)c2C)C1=O. The Morgan fingerprint density at radius 3 is 2.58 bits per heavy atom. The predicted octanol–water partition coefficient (Wildman–Crippen LogP) is 6.68. The number of aliphatic imine (C=N–C) groups is 1. The third-order valence-corrected chi connectivity index (χ3v) is 7.09. The number of rotatable bonds is 6. The van der Waals surface area contributed by atoms with E-state index < -0.39 is 17.8 Å². The highest BCUT2D eigenvalue weighted by atomic mass is 35.5. The van der Waals surface area contributed by atoms with E-state index in [0.717, 1.165) is 5.56 Å². The van der Waals surface area contributed by atoms with Gasteiger partial charge in [0.2, 0.25) is 5.91 Å². The lowest BCUT2D eigenvalue weighted by atomic mass is 9.97. The second-order valence-corrected chi connectivity index (χ2v) is 9.68. The molecule has 2 amide bonds. The maximum Gasteiger partial charge on any atom is 0.252 e. The zero-order chi connectivity index (χ0) is 26.0. The van der Waals surface area contributed by atoms with Gasteiger partial charge in [-0.2, -0.15) is 0 Å². The molecule has 0 aromatic heterocycles. The van der Waals surface area contributed by atoms with Crippen LogP contribution >= 0.6 is 23.2 Å². The number of anilines is 2. The number of benzodiazepines with no additional fused rings is 1. The Morgan fingerprint density at radius 2 is 1.86 bits per heavy atom.